The van der Waals surface area contributed by atoms with Gasteiger partial charge < -0.3 is 15.8 Å². The van der Waals surface area contributed by atoms with Crippen LogP contribution in [0.3, 0.4) is 0 Å². The van der Waals surface area contributed by atoms with Crippen molar-refractivity contribution in [3.05, 3.63) is 45.8 Å². The SMILES string of the molecule is Cc1cc([N+](=O)[O-])nn1Cc1cccc(N)n1. The van der Waals surface area contributed by atoms with E-state index in [4.69, 9.17) is 5.73 Å². The normalized spacial score (nSPS) is 10.4. The topological polar surface area (TPSA) is 99.9 Å². The number of aryl methyl sites for hydroxylation is 1. The molecule has 0 aliphatic rings. The summed E-state index contributed by atoms with van der Waals surface area (Å²) < 4.78 is 1.53. The zero-order valence-corrected chi connectivity index (χ0v) is 9.20. The zero-order valence-electron chi connectivity index (χ0n) is 9.20. The molecule has 0 fully saturated rings. The van der Waals surface area contributed by atoms with Gasteiger partial charge in [0.1, 0.15) is 12.4 Å². The van der Waals surface area contributed by atoms with Crippen molar-refractivity contribution in [3.8, 4) is 0 Å². The highest BCUT2D eigenvalue weighted by Gasteiger charge is 2.15. The first kappa shape index (κ1) is 11.1. The van der Waals surface area contributed by atoms with Gasteiger partial charge in [0.05, 0.1) is 22.6 Å². The van der Waals surface area contributed by atoms with Crippen molar-refractivity contribution in [2.24, 2.45) is 0 Å². The molecule has 2 heterocycles. The molecule has 2 aromatic heterocycles. The van der Waals surface area contributed by atoms with Crippen LogP contribution in [-0.4, -0.2) is 19.7 Å². The Morgan fingerprint density at radius 1 is 1.53 bits per heavy atom. The van der Waals surface area contributed by atoms with E-state index in [1.165, 1.54) is 10.7 Å². The molecule has 0 radical (unpaired) electrons. The van der Waals surface area contributed by atoms with E-state index in [-0.39, 0.29) is 5.82 Å². The van der Waals surface area contributed by atoms with E-state index < -0.39 is 4.92 Å². The zero-order chi connectivity index (χ0) is 12.4. The van der Waals surface area contributed by atoms with Crippen LogP contribution in [-0.2, 0) is 6.54 Å². The van der Waals surface area contributed by atoms with E-state index >= 15 is 0 Å². The molecule has 0 saturated heterocycles. The minimum atomic E-state index is -0.518. The summed E-state index contributed by atoms with van der Waals surface area (Å²) in [7, 11) is 0. The van der Waals surface area contributed by atoms with Gasteiger partial charge in [0, 0.05) is 0 Å². The maximum atomic E-state index is 10.6. The summed E-state index contributed by atoms with van der Waals surface area (Å²) in [4.78, 5) is 14.2. The molecule has 0 aliphatic heterocycles. The largest absolute Gasteiger partial charge is 0.390 e. The molecule has 2 aromatic rings. The highest BCUT2D eigenvalue weighted by molar-refractivity contribution is 5.29. The summed E-state index contributed by atoms with van der Waals surface area (Å²) in [5.74, 6) is 0.258. The van der Waals surface area contributed by atoms with Gasteiger partial charge in [-0.25, -0.2) is 4.98 Å². The third-order valence-electron chi connectivity index (χ3n) is 2.30. The van der Waals surface area contributed by atoms with Gasteiger partial charge in [-0.05, 0) is 24.0 Å². The molecule has 7 heteroatoms. The molecular weight excluding hydrogens is 222 g/mol. The van der Waals surface area contributed by atoms with Gasteiger partial charge in [-0.3, -0.25) is 0 Å². The van der Waals surface area contributed by atoms with Gasteiger partial charge in [0.15, 0.2) is 0 Å². The lowest BCUT2D eigenvalue weighted by Crippen LogP contribution is -2.06. The molecule has 17 heavy (non-hydrogen) atoms. The summed E-state index contributed by atoms with van der Waals surface area (Å²) in [6.45, 7) is 2.12. The fraction of sp³-hybridized carbons (Fsp3) is 0.200. The number of nitrogens with two attached hydrogens (primary N) is 1. The molecule has 0 atom stereocenters. The minimum Gasteiger partial charge on any atom is -0.384 e. The minimum absolute atomic E-state index is 0.161. The van der Waals surface area contributed by atoms with Crippen LogP contribution in [0.25, 0.3) is 0 Å². The van der Waals surface area contributed by atoms with E-state index in [9.17, 15) is 10.1 Å². The fourth-order valence-corrected chi connectivity index (χ4v) is 1.48. The Balaban J connectivity index is 2.27. The quantitative estimate of drug-likeness (QED) is 0.632. The molecule has 7 nitrogen and oxygen atoms in total. The average molecular weight is 233 g/mol. The smallest absolute Gasteiger partial charge is 0.384 e. The Hall–Kier alpha value is -2.44. The van der Waals surface area contributed by atoms with Crippen LogP contribution in [0.1, 0.15) is 11.4 Å². The first-order valence-electron chi connectivity index (χ1n) is 4.96. The maximum absolute atomic E-state index is 10.6. The average Bonchev–Trinajstić information content (AvgIpc) is 2.61. The Morgan fingerprint density at radius 3 is 2.88 bits per heavy atom. The molecule has 0 saturated carbocycles. The Labute approximate surface area is 97.0 Å². The van der Waals surface area contributed by atoms with Crippen LogP contribution in [0, 0.1) is 17.0 Å². The predicted octanol–water partition coefficient (Wildman–Crippen LogP) is 1.13. The summed E-state index contributed by atoms with van der Waals surface area (Å²) in [6.07, 6.45) is 0. The van der Waals surface area contributed by atoms with Crippen molar-refractivity contribution < 1.29 is 4.92 Å². The summed E-state index contributed by atoms with van der Waals surface area (Å²) in [5.41, 5.74) is 6.98. The lowest BCUT2D eigenvalue weighted by Gasteiger charge is -2.00. The second-order valence-electron chi connectivity index (χ2n) is 3.61. The van der Waals surface area contributed by atoms with Gasteiger partial charge in [0.25, 0.3) is 0 Å². The maximum Gasteiger partial charge on any atom is 0.390 e. The highest BCUT2D eigenvalue weighted by Crippen LogP contribution is 2.12. The number of rotatable bonds is 3. The van der Waals surface area contributed by atoms with Crippen molar-refractivity contribution in [1.82, 2.24) is 14.8 Å². The summed E-state index contributed by atoms with van der Waals surface area (Å²) in [6, 6.07) is 6.68. The number of hydrogen-bond donors (Lipinski definition) is 1. The first-order valence-corrected chi connectivity index (χ1v) is 4.96. The van der Waals surface area contributed by atoms with Gasteiger partial charge in [0.2, 0.25) is 0 Å². The van der Waals surface area contributed by atoms with E-state index in [0.717, 1.165) is 0 Å². The molecule has 88 valence electrons. The number of aromatic nitrogens is 3. The highest BCUT2D eigenvalue weighted by atomic mass is 16.6. The predicted molar refractivity (Wildman–Crippen MR) is 61.4 cm³/mol. The molecule has 0 aliphatic carbocycles. The van der Waals surface area contributed by atoms with Crippen molar-refractivity contribution in [1.29, 1.82) is 0 Å². The van der Waals surface area contributed by atoms with E-state index in [2.05, 4.69) is 10.1 Å². The van der Waals surface area contributed by atoms with Crippen LogP contribution in [0.5, 0.6) is 0 Å². The van der Waals surface area contributed by atoms with Gasteiger partial charge >= 0.3 is 5.82 Å². The summed E-state index contributed by atoms with van der Waals surface area (Å²) >= 11 is 0. The molecular formula is C10H11N5O2. The van der Waals surface area contributed by atoms with E-state index in [1.54, 1.807) is 25.1 Å². The molecule has 0 amide bonds. The molecule has 0 bridgehead atoms. The second kappa shape index (κ2) is 4.20. The Morgan fingerprint density at radius 2 is 2.29 bits per heavy atom. The summed E-state index contributed by atoms with van der Waals surface area (Å²) in [5, 5.41) is 14.4. The van der Waals surface area contributed by atoms with Gasteiger partial charge in [-0.1, -0.05) is 6.07 Å². The monoisotopic (exact) mass is 233 g/mol. The van der Waals surface area contributed by atoms with Crippen molar-refractivity contribution >= 4 is 11.6 Å². The van der Waals surface area contributed by atoms with E-state index in [1.807, 2.05) is 0 Å². The van der Waals surface area contributed by atoms with Crippen molar-refractivity contribution in [3.63, 3.8) is 0 Å². The Bertz CT molecular complexity index is 564. The fourth-order valence-electron chi connectivity index (χ4n) is 1.48. The number of hydrogen-bond acceptors (Lipinski definition) is 5. The lowest BCUT2D eigenvalue weighted by atomic mass is 10.3. The van der Waals surface area contributed by atoms with Crippen LogP contribution >= 0.6 is 0 Å². The number of nitro groups is 1. The molecule has 2 rings (SSSR count). The number of nitrogens with zero attached hydrogens (tertiary/aromatic N) is 4. The second-order valence-corrected chi connectivity index (χ2v) is 3.61. The van der Waals surface area contributed by atoms with Crippen LogP contribution in [0.4, 0.5) is 11.6 Å². The standard InChI is InChI=1S/C10H11N5O2/c1-7-5-10(15(16)17)13-14(7)6-8-3-2-4-9(11)12-8/h2-5H,6H2,1H3,(H2,11,12). The molecule has 2 N–H and O–H groups in total. The lowest BCUT2D eigenvalue weighted by molar-refractivity contribution is -0.389. The van der Waals surface area contributed by atoms with Crippen LogP contribution in [0.2, 0.25) is 0 Å². The third kappa shape index (κ3) is 2.39. The molecule has 0 aromatic carbocycles. The van der Waals surface area contributed by atoms with Crippen LogP contribution < -0.4 is 5.73 Å². The van der Waals surface area contributed by atoms with Gasteiger partial charge in [-0.2, -0.15) is 4.68 Å². The molecule has 0 spiro atoms. The number of anilines is 1. The third-order valence-corrected chi connectivity index (χ3v) is 2.30. The Kier molecular flexibility index (Phi) is 2.73. The van der Waals surface area contributed by atoms with Gasteiger partial charge in [-0.15, -0.1) is 0 Å². The van der Waals surface area contributed by atoms with Crippen molar-refractivity contribution in [2.45, 2.75) is 13.5 Å². The first-order chi connectivity index (χ1) is 8.06. The number of pyridine rings is 1. The number of nitrogen functional groups attached to an aromatic ring is 1. The van der Waals surface area contributed by atoms with E-state index in [0.29, 0.717) is 23.8 Å². The molecule has 0 unspecified atom stereocenters. The van der Waals surface area contributed by atoms with Crippen LogP contribution in [0.15, 0.2) is 24.3 Å². The van der Waals surface area contributed by atoms with Crippen molar-refractivity contribution in [2.75, 3.05) is 5.73 Å².